The number of ether oxygens (including phenoxy) is 3. The summed E-state index contributed by atoms with van der Waals surface area (Å²) >= 11 is 0. The van der Waals surface area contributed by atoms with Crippen LogP contribution in [0.5, 0.6) is 0 Å². The van der Waals surface area contributed by atoms with E-state index >= 15 is 0 Å². The number of hydrogen-bond donors (Lipinski definition) is 1. The lowest BCUT2D eigenvalue weighted by molar-refractivity contribution is -0.189. The quantitative estimate of drug-likeness (QED) is 0.854. The van der Waals surface area contributed by atoms with Crippen molar-refractivity contribution < 1.29 is 19.0 Å². The molecular weight excluding hydrogens is 272 g/mol. The van der Waals surface area contributed by atoms with E-state index in [4.69, 9.17) is 14.2 Å². The number of amides is 2. The number of piperidine rings is 1. The van der Waals surface area contributed by atoms with Crippen molar-refractivity contribution >= 4 is 6.03 Å². The lowest BCUT2D eigenvalue weighted by atomic mass is 9.89. The van der Waals surface area contributed by atoms with Crippen LogP contribution in [0.15, 0.2) is 0 Å². The zero-order chi connectivity index (χ0) is 14.7. The van der Waals surface area contributed by atoms with Crippen LogP contribution in [0.3, 0.4) is 0 Å². The molecule has 0 unspecified atom stereocenters. The Hall–Kier alpha value is -0.850. The molecule has 3 rings (SSSR count). The first kappa shape index (κ1) is 15.1. The van der Waals surface area contributed by atoms with Gasteiger partial charge >= 0.3 is 6.03 Å². The van der Waals surface area contributed by atoms with Gasteiger partial charge in [0.2, 0.25) is 0 Å². The molecule has 120 valence electrons. The van der Waals surface area contributed by atoms with E-state index < -0.39 is 5.79 Å². The summed E-state index contributed by atoms with van der Waals surface area (Å²) in [6.07, 6.45) is 4.22. The van der Waals surface area contributed by atoms with Crippen LogP contribution in [0.25, 0.3) is 0 Å². The number of carbonyl (C=O) groups excluding carboxylic acids is 1. The highest BCUT2D eigenvalue weighted by Gasteiger charge is 2.41. The maximum atomic E-state index is 12.2. The topological polar surface area (TPSA) is 60.0 Å². The van der Waals surface area contributed by atoms with Crippen LogP contribution in [-0.2, 0) is 14.2 Å². The number of nitrogens with zero attached hydrogens (tertiary/aromatic N) is 1. The second-order valence-corrected chi connectivity index (χ2v) is 6.30. The standard InChI is InChI=1S/C15H26N2O4/c1-15(20-9-10-21-15)12-4-6-17(7-5-12)14(18)16-11-13-3-2-8-19-13/h12-13H,2-11H2,1H3,(H,16,18)/t13-/m1/s1. The zero-order valence-corrected chi connectivity index (χ0v) is 12.8. The summed E-state index contributed by atoms with van der Waals surface area (Å²) in [7, 11) is 0. The van der Waals surface area contributed by atoms with Gasteiger partial charge in [0.15, 0.2) is 5.79 Å². The van der Waals surface area contributed by atoms with E-state index in [2.05, 4.69) is 5.32 Å². The number of likely N-dealkylation sites (tertiary alicyclic amines) is 1. The maximum Gasteiger partial charge on any atom is 0.317 e. The Bertz CT molecular complexity index is 357. The van der Waals surface area contributed by atoms with Crippen LogP contribution in [0, 0.1) is 5.92 Å². The zero-order valence-electron chi connectivity index (χ0n) is 12.8. The average Bonchev–Trinajstić information content (AvgIpc) is 3.17. The monoisotopic (exact) mass is 298 g/mol. The molecule has 3 fully saturated rings. The maximum absolute atomic E-state index is 12.2. The summed E-state index contributed by atoms with van der Waals surface area (Å²) in [5.74, 6) is -0.0671. The van der Waals surface area contributed by atoms with E-state index in [1.807, 2.05) is 11.8 Å². The molecule has 3 aliphatic rings. The molecule has 6 nitrogen and oxygen atoms in total. The Balaban J connectivity index is 1.41. The second-order valence-electron chi connectivity index (χ2n) is 6.30. The number of carbonyl (C=O) groups is 1. The second kappa shape index (κ2) is 6.50. The minimum Gasteiger partial charge on any atom is -0.376 e. The first-order chi connectivity index (χ1) is 10.2. The normalized spacial score (nSPS) is 29.8. The summed E-state index contributed by atoms with van der Waals surface area (Å²) in [6, 6.07) is 0.0300. The van der Waals surface area contributed by atoms with Crippen molar-refractivity contribution in [2.75, 3.05) is 39.5 Å². The molecule has 0 saturated carbocycles. The number of rotatable bonds is 3. The molecule has 1 N–H and O–H groups in total. The first-order valence-corrected chi connectivity index (χ1v) is 8.10. The SMILES string of the molecule is CC1(C2CCN(C(=O)NC[C@H]3CCCO3)CC2)OCCO1. The highest BCUT2D eigenvalue weighted by Crippen LogP contribution is 2.34. The molecule has 3 aliphatic heterocycles. The van der Waals surface area contributed by atoms with Gasteiger partial charge in [0.1, 0.15) is 0 Å². The minimum atomic E-state index is -0.444. The third-order valence-electron chi connectivity index (χ3n) is 4.89. The molecule has 2 amide bonds. The van der Waals surface area contributed by atoms with Gasteiger partial charge in [-0.05, 0) is 32.6 Å². The molecule has 0 radical (unpaired) electrons. The Morgan fingerprint density at radius 2 is 1.90 bits per heavy atom. The number of nitrogens with one attached hydrogen (secondary N) is 1. The van der Waals surface area contributed by atoms with Crippen LogP contribution in [0.4, 0.5) is 4.79 Å². The molecule has 0 aromatic heterocycles. The van der Waals surface area contributed by atoms with Crippen LogP contribution >= 0.6 is 0 Å². The Labute approximate surface area is 126 Å². The van der Waals surface area contributed by atoms with E-state index in [0.717, 1.165) is 45.4 Å². The Morgan fingerprint density at radius 3 is 2.52 bits per heavy atom. The van der Waals surface area contributed by atoms with Crippen molar-refractivity contribution in [3.8, 4) is 0 Å². The summed E-state index contributed by atoms with van der Waals surface area (Å²) in [4.78, 5) is 14.1. The van der Waals surface area contributed by atoms with E-state index in [0.29, 0.717) is 25.7 Å². The van der Waals surface area contributed by atoms with Crippen molar-refractivity contribution in [1.82, 2.24) is 10.2 Å². The van der Waals surface area contributed by atoms with Gasteiger partial charge in [0.05, 0.1) is 19.3 Å². The van der Waals surface area contributed by atoms with Gasteiger partial charge in [-0.1, -0.05) is 0 Å². The van der Waals surface area contributed by atoms with Gasteiger partial charge in [-0.15, -0.1) is 0 Å². The van der Waals surface area contributed by atoms with Crippen molar-refractivity contribution in [2.45, 2.75) is 44.5 Å². The van der Waals surface area contributed by atoms with Gasteiger partial charge in [-0.25, -0.2) is 4.79 Å². The fourth-order valence-electron chi connectivity index (χ4n) is 3.49. The third-order valence-corrected chi connectivity index (χ3v) is 4.89. The minimum absolute atomic E-state index is 0.0300. The lowest BCUT2D eigenvalue weighted by Gasteiger charge is -2.39. The average molecular weight is 298 g/mol. The molecule has 3 saturated heterocycles. The van der Waals surface area contributed by atoms with Gasteiger partial charge in [-0.2, -0.15) is 0 Å². The molecule has 1 atom stereocenters. The smallest absolute Gasteiger partial charge is 0.317 e. The summed E-state index contributed by atoms with van der Waals surface area (Å²) in [5, 5.41) is 2.99. The van der Waals surface area contributed by atoms with Crippen LogP contribution in [-0.4, -0.2) is 62.3 Å². The predicted octanol–water partition coefficient (Wildman–Crippen LogP) is 1.35. The van der Waals surface area contributed by atoms with E-state index in [9.17, 15) is 4.79 Å². The number of hydrogen-bond acceptors (Lipinski definition) is 4. The van der Waals surface area contributed by atoms with Gasteiger partial charge < -0.3 is 24.4 Å². The highest BCUT2D eigenvalue weighted by atomic mass is 16.7. The van der Waals surface area contributed by atoms with Crippen LogP contribution in [0.1, 0.15) is 32.6 Å². The van der Waals surface area contributed by atoms with Gasteiger partial charge in [0.25, 0.3) is 0 Å². The van der Waals surface area contributed by atoms with Gasteiger partial charge in [-0.3, -0.25) is 0 Å². The molecule has 6 heteroatoms. The fraction of sp³-hybridized carbons (Fsp3) is 0.933. The Morgan fingerprint density at radius 1 is 1.19 bits per heavy atom. The summed E-state index contributed by atoms with van der Waals surface area (Å²) < 4.78 is 17.0. The van der Waals surface area contributed by atoms with Crippen molar-refractivity contribution in [1.29, 1.82) is 0 Å². The van der Waals surface area contributed by atoms with E-state index in [-0.39, 0.29) is 12.1 Å². The van der Waals surface area contributed by atoms with Crippen molar-refractivity contribution in [2.24, 2.45) is 5.92 Å². The molecule has 0 aromatic rings. The van der Waals surface area contributed by atoms with Gasteiger partial charge in [0, 0.05) is 32.2 Å². The van der Waals surface area contributed by atoms with Crippen molar-refractivity contribution in [3.05, 3.63) is 0 Å². The first-order valence-electron chi connectivity index (χ1n) is 8.10. The fourth-order valence-corrected chi connectivity index (χ4v) is 3.49. The molecule has 0 aromatic carbocycles. The molecule has 0 aliphatic carbocycles. The van der Waals surface area contributed by atoms with Crippen LogP contribution < -0.4 is 5.32 Å². The molecule has 0 bridgehead atoms. The Kier molecular flexibility index (Phi) is 4.66. The molecule has 0 spiro atoms. The summed E-state index contributed by atoms with van der Waals surface area (Å²) in [5.41, 5.74) is 0. The largest absolute Gasteiger partial charge is 0.376 e. The molecule has 21 heavy (non-hydrogen) atoms. The van der Waals surface area contributed by atoms with E-state index in [1.54, 1.807) is 0 Å². The number of urea groups is 1. The van der Waals surface area contributed by atoms with Crippen molar-refractivity contribution in [3.63, 3.8) is 0 Å². The highest BCUT2D eigenvalue weighted by molar-refractivity contribution is 5.74. The third kappa shape index (κ3) is 3.49. The summed E-state index contributed by atoms with van der Waals surface area (Å²) in [6.45, 7) is 6.37. The predicted molar refractivity (Wildman–Crippen MR) is 77.0 cm³/mol. The lowest BCUT2D eigenvalue weighted by Crippen LogP contribution is -2.49. The molecule has 3 heterocycles. The van der Waals surface area contributed by atoms with Crippen LogP contribution in [0.2, 0.25) is 0 Å². The molecular formula is C15H26N2O4. The van der Waals surface area contributed by atoms with E-state index in [1.165, 1.54) is 0 Å².